The van der Waals surface area contributed by atoms with E-state index in [1.165, 1.54) is 0 Å². The van der Waals surface area contributed by atoms with Crippen LogP contribution in [0.1, 0.15) is 64.8 Å². The zero-order chi connectivity index (χ0) is 20.3. The number of benzene rings is 1. The van der Waals surface area contributed by atoms with Gasteiger partial charge in [0, 0.05) is 12.7 Å². The molecule has 1 aliphatic heterocycles. The first-order valence-electron chi connectivity index (χ1n) is 9.55. The lowest BCUT2D eigenvalue weighted by Crippen LogP contribution is -2.34. The van der Waals surface area contributed by atoms with Crippen molar-refractivity contribution in [2.24, 2.45) is 5.92 Å². The number of rotatable bonds is 6. The number of nitrogens with zero attached hydrogens (tertiary/aromatic N) is 1. The van der Waals surface area contributed by atoms with Crippen LogP contribution >= 0.6 is 0 Å². The Bertz CT molecular complexity index is 868. The molecule has 1 amide bonds. The minimum atomic E-state index is -1.89. The molecule has 1 aromatic heterocycles. The van der Waals surface area contributed by atoms with Gasteiger partial charge in [-0.15, -0.1) is 0 Å². The Morgan fingerprint density at radius 2 is 2.04 bits per heavy atom. The second kappa shape index (κ2) is 8.94. The van der Waals surface area contributed by atoms with Crippen LogP contribution in [-0.4, -0.2) is 26.2 Å². The van der Waals surface area contributed by atoms with E-state index in [0.717, 1.165) is 35.3 Å². The van der Waals surface area contributed by atoms with E-state index < -0.39 is 16.3 Å². The summed E-state index contributed by atoms with van der Waals surface area (Å²) in [5.41, 5.74) is 4.49. The van der Waals surface area contributed by atoms with Crippen molar-refractivity contribution in [3.8, 4) is 0 Å². The van der Waals surface area contributed by atoms with Gasteiger partial charge in [-0.2, -0.15) is 0 Å². The molecule has 150 valence electrons. The van der Waals surface area contributed by atoms with Crippen molar-refractivity contribution in [1.29, 1.82) is 0 Å². The summed E-state index contributed by atoms with van der Waals surface area (Å²) < 4.78 is 20.3. The van der Waals surface area contributed by atoms with E-state index in [0.29, 0.717) is 18.0 Å². The van der Waals surface area contributed by atoms with E-state index in [4.69, 9.17) is 0 Å². The smallest absolute Gasteiger partial charge is 0.253 e. The van der Waals surface area contributed by atoms with Gasteiger partial charge in [-0.25, -0.2) is 4.21 Å². The summed E-state index contributed by atoms with van der Waals surface area (Å²) in [6, 6.07) is 9.55. The number of pyridine rings is 1. The maximum absolute atomic E-state index is 12.5. The van der Waals surface area contributed by atoms with Crippen molar-refractivity contribution in [2.45, 2.75) is 45.0 Å². The summed E-state index contributed by atoms with van der Waals surface area (Å²) in [5, 5.41) is 5.98. The van der Waals surface area contributed by atoms with Crippen molar-refractivity contribution < 1.29 is 13.6 Å². The molecular weight excluding hydrogens is 374 g/mol. The van der Waals surface area contributed by atoms with E-state index in [9.17, 15) is 13.6 Å². The van der Waals surface area contributed by atoms with Gasteiger partial charge in [0.25, 0.3) is 5.91 Å². The van der Waals surface area contributed by atoms with Gasteiger partial charge in [-0.3, -0.25) is 9.78 Å². The molecule has 2 heterocycles. The van der Waals surface area contributed by atoms with Crippen molar-refractivity contribution in [2.75, 3.05) is 6.54 Å². The number of carbonyl (C=O) groups is 1. The largest absolute Gasteiger partial charge is 0.348 e. The molecule has 1 aromatic carbocycles. The molecule has 0 bridgehead atoms. The lowest BCUT2D eigenvalue weighted by atomic mass is 9.91. The first-order valence-corrected chi connectivity index (χ1v) is 10.7. The third-order valence-electron chi connectivity index (χ3n) is 5.19. The number of aromatic nitrogens is 1. The van der Waals surface area contributed by atoms with Crippen LogP contribution in [0.2, 0.25) is 0 Å². The molecule has 3 rings (SSSR count). The van der Waals surface area contributed by atoms with Gasteiger partial charge >= 0.3 is 0 Å². The fourth-order valence-electron chi connectivity index (χ4n) is 3.44. The van der Waals surface area contributed by atoms with Gasteiger partial charge in [0.1, 0.15) is 0 Å². The topological polar surface area (TPSA) is 91.3 Å². The van der Waals surface area contributed by atoms with Crippen LogP contribution in [-0.2, 0) is 24.0 Å². The summed E-state index contributed by atoms with van der Waals surface area (Å²) in [4.78, 5) is 17.1. The molecular formula is C21H27N3O3S. The first-order chi connectivity index (χ1) is 13.4. The summed E-state index contributed by atoms with van der Waals surface area (Å²) >= 11 is -1.89. The van der Waals surface area contributed by atoms with Crippen molar-refractivity contribution >= 4 is 17.0 Å². The van der Waals surface area contributed by atoms with Gasteiger partial charge in [0.2, 0.25) is 0 Å². The third kappa shape index (κ3) is 4.66. The SMILES string of the molecule is CC(C)[C@@H]1NCCc2cc(C(=O)NCc3ccc(C(C)S(=O)O)cc3)cnc21. The zero-order valence-corrected chi connectivity index (χ0v) is 17.3. The highest BCUT2D eigenvalue weighted by molar-refractivity contribution is 7.79. The average molecular weight is 402 g/mol. The molecule has 3 atom stereocenters. The molecule has 0 saturated heterocycles. The van der Waals surface area contributed by atoms with Crippen LogP contribution in [0.3, 0.4) is 0 Å². The van der Waals surface area contributed by atoms with E-state index >= 15 is 0 Å². The Balaban J connectivity index is 1.65. The number of fused-ring (bicyclic) bond motifs is 1. The lowest BCUT2D eigenvalue weighted by molar-refractivity contribution is 0.0950. The second-order valence-corrected chi connectivity index (χ2v) is 8.80. The highest BCUT2D eigenvalue weighted by atomic mass is 32.2. The molecule has 7 heteroatoms. The van der Waals surface area contributed by atoms with E-state index in [1.54, 1.807) is 13.1 Å². The summed E-state index contributed by atoms with van der Waals surface area (Å²) in [7, 11) is 0. The fraction of sp³-hybridized carbons (Fsp3) is 0.429. The standard InChI is InChI=1S/C21H27N3O3S/c1-13(2)19-20-17(8-9-22-19)10-18(12-23-20)21(25)24-11-15-4-6-16(7-5-15)14(3)28(26)27/h4-7,10,12-14,19,22H,8-9,11H2,1-3H3,(H,24,25)(H,26,27)/t14?,19-/m0/s1. The van der Waals surface area contributed by atoms with E-state index in [-0.39, 0.29) is 11.9 Å². The highest BCUT2D eigenvalue weighted by Gasteiger charge is 2.24. The maximum Gasteiger partial charge on any atom is 0.253 e. The molecule has 0 fully saturated rings. The molecule has 2 aromatic rings. The van der Waals surface area contributed by atoms with Crippen LogP contribution in [0, 0.1) is 5.92 Å². The van der Waals surface area contributed by atoms with Crippen molar-refractivity contribution in [3.63, 3.8) is 0 Å². The number of hydrogen-bond donors (Lipinski definition) is 3. The van der Waals surface area contributed by atoms with Crippen LogP contribution < -0.4 is 10.6 Å². The van der Waals surface area contributed by atoms with Crippen LogP contribution in [0.4, 0.5) is 0 Å². The second-order valence-electron chi connectivity index (χ2n) is 7.54. The normalized spacial score (nSPS) is 18.4. The summed E-state index contributed by atoms with van der Waals surface area (Å²) in [6.45, 7) is 7.32. The molecule has 0 saturated carbocycles. The number of carbonyl (C=O) groups excluding carboxylic acids is 1. The zero-order valence-electron chi connectivity index (χ0n) is 16.4. The Hall–Kier alpha value is -2.09. The number of nitrogens with one attached hydrogen (secondary N) is 2. The molecule has 3 N–H and O–H groups in total. The maximum atomic E-state index is 12.5. The molecule has 0 aliphatic carbocycles. The Morgan fingerprint density at radius 1 is 1.32 bits per heavy atom. The molecule has 1 aliphatic rings. The Morgan fingerprint density at radius 3 is 2.68 bits per heavy atom. The van der Waals surface area contributed by atoms with Crippen molar-refractivity contribution in [3.05, 3.63) is 64.5 Å². The average Bonchev–Trinajstić information content (AvgIpc) is 2.70. The minimum absolute atomic E-state index is 0.149. The number of amides is 1. The van der Waals surface area contributed by atoms with Gasteiger partial charge in [-0.05, 0) is 48.6 Å². The lowest BCUT2D eigenvalue weighted by Gasteiger charge is -2.29. The van der Waals surface area contributed by atoms with Crippen LogP contribution in [0.25, 0.3) is 0 Å². The predicted octanol–water partition coefficient (Wildman–Crippen LogP) is 3.14. The molecule has 0 radical (unpaired) electrons. The fourth-order valence-corrected chi connectivity index (χ4v) is 3.83. The van der Waals surface area contributed by atoms with Crippen LogP contribution in [0.15, 0.2) is 36.5 Å². The summed E-state index contributed by atoms with van der Waals surface area (Å²) in [6.07, 6.45) is 2.52. The third-order valence-corrected chi connectivity index (χ3v) is 6.07. The molecule has 28 heavy (non-hydrogen) atoms. The Labute approximate surface area is 168 Å². The van der Waals surface area contributed by atoms with Gasteiger partial charge in [0.05, 0.1) is 22.5 Å². The number of hydrogen-bond acceptors (Lipinski definition) is 4. The van der Waals surface area contributed by atoms with Crippen LogP contribution in [0.5, 0.6) is 0 Å². The van der Waals surface area contributed by atoms with Gasteiger partial charge in [-0.1, -0.05) is 38.1 Å². The minimum Gasteiger partial charge on any atom is -0.348 e. The van der Waals surface area contributed by atoms with E-state index in [2.05, 4.69) is 29.5 Å². The van der Waals surface area contributed by atoms with Gasteiger partial charge in [0.15, 0.2) is 11.1 Å². The van der Waals surface area contributed by atoms with Crippen molar-refractivity contribution in [1.82, 2.24) is 15.6 Å². The molecule has 6 nitrogen and oxygen atoms in total. The molecule has 0 spiro atoms. The Kier molecular flexibility index (Phi) is 6.59. The first kappa shape index (κ1) is 20.6. The summed E-state index contributed by atoms with van der Waals surface area (Å²) in [5.74, 6) is 0.295. The quantitative estimate of drug-likeness (QED) is 0.647. The predicted molar refractivity (Wildman–Crippen MR) is 110 cm³/mol. The monoisotopic (exact) mass is 401 g/mol. The highest BCUT2D eigenvalue weighted by Crippen LogP contribution is 2.27. The molecule has 2 unspecified atom stereocenters. The van der Waals surface area contributed by atoms with E-state index in [1.807, 2.05) is 30.3 Å². The van der Waals surface area contributed by atoms with Gasteiger partial charge < -0.3 is 15.2 Å².